The first-order chi connectivity index (χ1) is 9.81. The maximum atomic E-state index is 12.0. The monoisotopic (exact) mass is 313 g/mol. The fraction of sp³-hybridized carbons (Fsp3) is 0.533. The summed E-state index contributed by atoms with van der Waals surface area (Å²) < 4.78 is 27.1. The Morgan fingerprint density at radius 2 is 1.90 bits per heavy atom. The predicted molar refractivity (Wildman–Crippen MR) is 82.3 cm³/mol. The quantitative estimate of drug-likeness (QED) is 0.742. The van der Waals surface area contributed by atoms with Gasteiger partial charge in [0.2, 0.25) is 5.91 Å². The van der Waals surface area contributed by atoms with Crippen LogP contribution in [0.3, 0.4) is 0 Å². The van der Waals surface area contributed by atoms with E-state index in [4.69, 9.17) is 4.18 Å². The van der Waals surface area contributed by atoms with Crippen LogP contribution in [0.5, 0.6) is 0 Å². The van der Waals surface area contributed by atoms with E-state index < -0.39 is 10.1 Å². The Hall–Kier alpha value is -1.40. The number of carbonyl (C=O) groups is 1. The van der Waals surface area contributed by atoms with Crippen molar-refractivity contribution >= 4 is 16.0 Å². The van der Waals surface area contributed by atoms with Gasteiger partial charge in [0.25, 0.3) is 10.1 Å². The van der Waals surface area contributed by atoms with Crippen molar-refractivity contribution in [1.29, 1.82) is 0 Å². The Morgan fingerprint density at radius 3 is 2.43 bits per heavy atom. The number of amides is 1. The topological polar surface area (TPSA) is 72.5 Å². The second-order valence-electron chi connectivity index (χ2n) is 5.19. The lowest BCUT2D eigenvalue weighted by molar-refractivity contribution is -0.125. The van der Waals surface area contributed by atoms with Gasteiger partial charge in [-0.2, -0.15) is 8.42 Å². The maximum absolute atomic E-state index is 12.0. The van der Waals surface area contributed by atoms with Crippen molar-refractivity contribution in [3.8, 4) is 0 Å². The molecule has 1 rings (SSSR count). The normalized spacial score (nSPS) is 14.4. The average Bonchev–Trinajstić information content (AvgIpc) is 2.44. The molecule has 21 heavy (non-hydrogen) atoms. The van der Waals surface area contributed by atoms with Gasteiger partial charge in [0.1, 0.15) is 0 Å². The number of hydrogen-bond acceptors (Lipinski definition) is 4. The maximum Gasteiger partial charge on any atom is 0.264 e. The molecule has 0 radical (unpaired) electrons. The van der Waals surface area contributed by atoms with Crippen molar-refractivity contribution in [1.82, 2.24) is 5.32 Å². The molecule has 2 atom stereocenters. The standard InChI is InChI=1S/C15H23NO4S/c1-4-12(2)15(17)16-14(11-20-21(3,18)19)10-13-8-6-5-7-9-13/h5-9,12,14H,4,10-11H2,1-3H3,(H,16,17)/t12-,14-/m0/s1. The minimum atomic E-state index is -3.52. The minimum Gasteiger partial charge on any atom is -0.350 e. The summed E-state index contributed by atoms with van der Waals surface area (Å²) in [5.74, 6) is -0.197. The molecule has 0 aliphatic rings. The van der Waals surface area contributed by atoms with Gasteiger partial charge in [-0.05, 0) is 18.4 Å². The summed E-state index contributed by atoms with van der Waals surface area (Å²) in [5.41, 5.74) is 1.02. The van der Waals surface area contributed by atoms with Crippen LogP contribution in [0.25, 0.3) is 0 Å². The first kappa shape index (κ1) is 17.7. The van der Waals surface area contributed by atoms with E-state index in [-0.39, 0.29) is 24.5 Å². The van der Waals surface area contributed by atoms with Gasteiger partial charge in [-0.1, -0.05) is 44.2 Å². The van der Waals surface area contributed by atoms with Gasteiger partial charge in [0.05, 0.1) is 18.9 Å². The van der Waals surface area contributed by atoms with E-state index in [0.29, 0.717) is 6.42 Å². The highest BCUT2D eigenvalue weighted by atomic mass is 32.2. The molecule has 0 aliphatic heterocycles. The lowest BCUT2D eigenvalue weighted by atomic mass is 10.0. The smallest absolute Gasteiger partial charge is 0.264 e. The Kier molecular flexibility index (Phi) is 6.84. The molecule has 0 aliphatic carbocycles. The molecule has 0 unspecified atom stereocenters. The molecule has 5 nitrogen and oxygen atoms in total. The summed E-state index contributed by atoms with van der Waals surface area (Å²) in [6.45, 7) is 3.71. The lowest BCUT2D eigenvalue weighted by Gasteiger charge is -2.20. The summed E-state index contributed by atoms with van der Waals surface area (Å²) in [6.07, 6.45) is 2.26. The molecule has 0 heterocycles. The van der Waals surface area contributed by atoms with E-state index in [1.165, 1.54) is 0 Å². The molecule has 0 fully saturated rings. The average molecular weight is 313 g/mol. The molecule has 1 aromatic rings. The molecule has 0 aromatic heterocycles. The van der Waals surface area contributed by atoms with Gasteiger partial charge >= 0.3 is 0 Å². The van der Waals surface area contributed by atoms with E-state index in [9.17, 15) is 13.2 Å². The van der Waals surface area contributed by atoms with Crippen LogP contribution in [0.2, 0.25) is 0 Å². The fourth-order valence-corrected chi connectivity index (χ4v) is 2.20. The third-order valence-electron chi connectivity index (χ3n) is 3.21. The van der Waals surface area contributed by atoms with Crippen LogP contribution in [-0.4, -0.2) is 33.2 Å². The summed E-state index contributed by atoms with van der Waals surface area (Å²) in [4.78, 5) is 12.0. The second kappa shape index (κ2) is 8.14. The SMILES string of the molecule is CC[C@H](C)C(=O)N[C@H](COS(C)(=O)=O)Cc1ccccc1. The first-order valence-corrected chi connectivity index (χ1v) is 8.82. The fourth-order valence-electron chi connectivity index (χ4n) is 1.78. The largest absolute Gasteiger partial charge is 0.350 e. The number of hydrogen-bond donors (Lipinski definition) is 1. The van der Waals surface area contributed by atoms with E-state index in [1.54, 1.807) is 0 Å². The summed E-state index contributed by atoms with van der Waals surface area (Å²) in [6, 6.07) is 9.21. The zero-order valence-electron chi connectivity index (χ0n) is 12.7. The Bertz CT molecular complexity index is 542. The zero-order chi connectivity index (χ0) is 15.9. The minimum absolute atomic E-state index is 0.0596. The van der Waals surface area contributed by atoms with Crippen LogP contribution in [0.15, 0.2) is 30.3 Å². The van der Waals surface area contributed by atoms with Gasteiger partial charge in [0.15, 0.2) is 0 Å². The van der Waals surface area contributed by atoms with Crippen LogP contribution < -0.4 is 5.32 Å². The van der Waals surface area contributed by atoms with Crippen molar-refractivity contribution in [3.63, 3.8) is 0 Å². The second-order valence-corrected chi connectivity index (χ2v) is 6.84. The molecule has 0 saturated heterocycles. The van der Waals surface area contributed by atoms with Crippen LogP contribution in [0.1, 0.15) is 25.8 Å². The molecule has 118 valence electrons. The summed E-state index contributed by atoms with van der Waals surface area (Å²) >= 11 is 0. The molecule has 1 N–H and O–H groups in total. The van der Waals surface area contributed by atoms with E-state index >= 15 is 0 Å². The number of rotatable bonds is 8. The molecule has 6 heteroatoms. The van der Waals surface area contributed by atoms with Crippen molar-refractivity contribution in [2.75, 3.05) is 12.9 Å². The van der Waals surface area contributed by atoms with Crippen LogP contribution in [-0.2, 0) is 25.5 Å². The van der Waals surface area contributed by atoms with Crippen molar-refractivity contribution in [2.24, 2.45) is 5.92 Å². The highest BCUT2D eigenvalue weighted by Crippen LogP contribution is 2.07. The molecule has 0 bridgehead atoms. The Labute approximate surface area is 126 Å². The highest BCUT2D eigenvalue weighted by Gasteiger charge is 2.18. The van der Waals surface area contributed by atoms with E-state index in [0.717, 1.165) is 18.2 Å². The zero-order valence-corrected chi connectivity index (χ0v) is 13.5. The molecule has 1 amide bonds. The van der Waals surface area contributed by atoms with Crippen LogP contribution in [0.4, 0.5) is 0 Å². The van der Waals surface area contributed by atoms with Crippen molar-refractivity contribution in [2.45, 2.75) is 32.7 Å². The lowest BCUT2D eigenvalue weighted by Crippen LogP contribution is -2.42. The predicted octanol–water partition coefficient (Wildman–Crippen LogP) is 1.74. The summed E-state index contributed by atoms with van der Waals surface area (Å²) in [7, 11) is -3.52. The number of carbonyl (C=O) groups excluding carboxylic acids is 1. The Morgan fingerprint density at radius 1 is 1.29 bits per heavy atom. The molecular formula is C15H23NO4S. The van der Waals surface area contributed by atoms with Gasteiger partial charge in [-0.15, -0.1) is 0 Å². The molecule has 0 saturated carbocycles. The first-order valence-electron chi connectivity index (χ1n) is 7.00. The number of nitrogens with one attached hydrogen (secondary N) is 1. The van der Waals surface area contributed by atoms with Crippen LogP contribution >= 0.6 is 0 Å². The van der Waals surface area contributed by atoms with Crippen molar-refractivity contribution in [3.05, 3.63) is 35.9 Å². The number of benzene rings is 1. The highest BCUT2D eigenvalue weighted by molar-refractivity contribution is 7.85. The molecular weight excluding hydrogens is 290 g/mol. The summed E-state index contributed by atoms with van der Waals surface area (Å²) in [5, 5.41) is 2.86. The van der Waals surface area contributed by atoms with Gasteiger partial charge in [0, 0.05) is 5.92 Å². The molecule has 1 aromatic carbocycles. The van der Waals surface area contributed by atoms with Gasteiger partial charge in [-0.25, -0.2) is 0 Å². The third-order valence-corrected chi connectivity index (χ3v) is 3.78. The van der Waals surface area contributed by atoms with Crippen LogP contribution in [0, 0.1) is 5.92 Å². The van der Waals surface area contributed by atoms with Gasteiger partial charge in [-0.3, -0.25) is 8.98 Å². The Balaban J connectivity index is 2.72. The third kappa shape index (κ3) is 7.24. The van der Waals surface area contributed by atoms with E-state index in [2.05, 4.69) is 5.32 Å². The van der Waals surface area contributed by atoms with Crippen molar-refractivity contribution < 1.29 is 17.4 Å². The molecule has 0 spiro atoms. The van der Waals surface area contributed by atoms with E-state index in [1.807, 2.05) is 44.2 Å². The van der Waals surface area contributed by atoms with Gasteiger partial charge < -0.3 is 5.32 Å².